The zero-order chi connectivity index (χ0) is 22.9. The Balaban J connectivity index is 1.42. The molecule has 0 amide bonds. The summed E-state index contributed by atoms with van der Waals surface area (Å²) in [5.41, 5.74) is 3.56. The number of aryl methyl sites for hydroxylation is 1. The minimum absolute atomic E-state index is 0.113. The fourth-order valence-electron chi connectivity index (χ4n) is 5.20. The number of morpholine rings is 1. The molecule has 2 aliphatic rings. The van der Waals surface area contributed by atoms with Crippen LogP contribution in [-0.2, 0) is 11.3 Å². The molecule has 1 fully saturated rings. The predicted octanol–water partition coefficient (Wildman–Crippen LogP) is 4.52. The summed E-state index contributed by atoms with van der Waals surface area (Å²) in [5.74, 6) is 1.24. The second-order valence-electron chi connectivity index (χ2n) is 8.96. The third kappa shape index (κ3) is 3.79. The Morgan fingerprint density at radius 1 is 0.882 bits per heavy atom. The highest BCUT2D eigenvalue weighted by Crippen LogP contribution is 2.47. The van der Waals surface area contributed by atoms with Gasteiger partial charge in [0, 0.05) is 37.7 Å². The minimum Gasteiger partial charge on any atom is -0.438 e. The first-order valence-corrected chi connectivity index (χ1v) is 12.0. The monoisotopic (exact) mass is 452 g/mol. The van der Waals surface area contributed by atoms with Gasteiger partial charge in [-0.2, -0.15) is 0 Å². The molecule has 4 aromatic rings. The number of nitrogens with zero attached hydrogens (tertiary/aromatic N) is 3. The lowest BCUT2D eigenvalue weighted by Crippen LogP contribution is -2.37. The SMILES string of the molecule is N=c1c2c(ncn1CCCN1CCOCC1)Oc1ccc3ccccc3c1[C@H]2c1ccccc1. The van der Waals surface area contributed by atoms with Crippen LogP contribution >= 0.6 is 0 Å². The molecule has 6 rings (SSSR count). The maximum absolute atomic E-state index is 9.19. The van der Waals surface area contributed by atoms with E-state index in [0.717, 1.165) is 73.6 Å². The molecule has 0 aliphatic carbocycles. The van der Waals surface area contributed by atoms with Gasteiger partial charge in [0.2, 0.25) is 5.88 Å². The molecule has 0 spiro atoms. The van der Waals surface area contributed by atoms with Crippen molar-refractivity contribution in [2.45, 2.75) is 18.9 Å². The van der Waals surface area contributed by atoms with Crippen molar-refractivity contribution in [3.8, 4) is 11.6 Å². The first-order chi connectivity index (χ1) is 16.8. The lowest BCUT2D eigenvalue weighted by molar-refractivity contribution is 0.0369. The number of rotatable bonds is 5. The molecule has 0 unspecified atom stereocenters. The molecular formula is C28H28N4O2. The number of nitrogens with one attached hydrogen (secondary N) is 1. The molecule has 1 atom stereocenters. The number of aromatic nitrogens is 2. The average Bonchev–Trinajstić information content (AvgIpc) is 2.90. The van der Waals surface area contributed by atoms with Gasteiger partial charge < -0.3 is 14.0 Å². The van der Waals surface area contributed by atoms with Crippen molar-refractivity contribution in [2.24, 2.45) is 0 Å². The molecular weight excluding hydrogens is 424 g/mol. The third-order valence-electron chi connectivity index (χ3n) is 6.91. The summed E-state index contributed by atoms with van der Waals surface area (Å²) in [7, 11) is 0. The van der Waals surface area contributed by atoms with Gasteiger partial charge in [0.25, 0.3) is 0 Å². The molecule has 6 heteroatoms. The lowest BCUT2D eigenvalue weighted by Gasteiger charge is -2.30. The van der Waals surface area contributed by atoms with Crippen LogP contribution in [0.1, 0.15) is 29.0 Å². The molecule has 1 N–H and O–H groups in total. The summed E-state index contributed by atoms with van der Waals surface area (Å²) in [6.45, 7) is 5.32. The quantitative estimate of drug-likeness (QED) is 0.426. The van der Waals surface area contributed by atoms with E-state index in [1.807, 2.05) is 16.7 Å². The second kappa shape index (κ2) is 9.05. The van der Waals surface area contributed by atoms with Crippen LogP contribution in [0.25, 0.3) is 10.8 Å². The van der Waals surface area contributed by atoms with E-state index in [1.165, 1.54) is 5.39 Å². The van der Waals surface area contributed by atoms with Crippen molar-refractivity contribution in [3.05, 3.63) is 95.2 Å². The summed E-state index contributed by atoms with van der Waals surface area (Å²) in [5, 5.41) is 11.5. The third-order valence-corrected chi connectivity index (χ3v) is 6.91. The lowest BCUT2D eigenvalue weighted by atomic mass is 9.81. The first kappa shape index (κ1) is 21.1. The predicted molar refractivity (Wildman–Crippen MR) is 131 cm³/mol. The van der Waals surface area contributed by atoms with Crippen LogP contribution in [0.15, 0.2) is 73.1 Å². The smallest absolute Gasteiger partial charge is 0.228 e. The van der Waals surface area contributed by atoms with Crippen molar-refractivity contribution >= 4 is 10.8 Å². The van der Waals surface area contributed by atoms with Gasteiger partial charge in [0.1, 0.15) is 17.6 Å². The van der Waals surface area contributed by atoms with E-state index in [2.05, 4.69) is 64.5 Å². The molecule has 6 nitrogen and oxygen atoms in total. The van der Waals surface area contributed by atoms with Crippen molar-refractivity contribution < 1.29 is 9.47 Å². The van der Waals surface area contributed by atoms with Gasteiger partial charge >= 0.3 is 0 Å². The number of fused-ring (bicyclic) bond motifs is 4. The summed E-state index contributed by atoms with van der Waals surface area (Å²) >= 11 is 0. The first-order valence-electron chi connectivity index (χ1n) is 12.0. The van der Waals surface area contributed by atoms with E-state index in [1.54, 1.807) is 6.33 Å². The molecule has 1 aromatic heterocycles. The zero-order valence-electron chi connectivity index (χ0n) is 19.1. The van der Waals surface area contributed by atoms with Crippen LogP contribution in [0.5, 0.6) is 11.6 Å². The molecule has 3 heterocycles. The van der Waals surface area contributed by atoms with Gasteiger partial charge in [-0.3, -0.25) is 10.3 Å². The van der Waals surface area contributed by atoms with Gasteiger partial charge in [-0.1, -0.05) is 60.7 Å². The highest BCUT2D eigenvalue weighted by atomic mass is 16.5. The number of hydrogen-bond donors (Lipinski definition) is 1. The number of hydrogen-bond acceptors (Lipinski definition) is 5. The number of benzene rings is 3. The van der Waals surface area contributed by atoms with Crippen LogP contribution < -0.4 is 10.2 Å². The van der Waals surface area contributed by atoms with E-state index in [9.17, 15) is 5.41 Å². The van der Waals surface area contributed by atoms with E-state index in [4.69, 9.17) is 9.47 Å². The van der Waals surface area contributed by atoms with Crippen molar-refractivity contribution in [1.29, 1.82) is 5.41 Å². The van der Waals surface area contributed by atoms with E-state index >= 15 is 0 Å². The maximum Gasteiger partial charge on any atom is 0.228 e. The Kier molecular flexibility index (Phi) is 5.61. The van der Waals surface area contributed by atoms with Gasteiger partial charge in [0.15, 0.2) is 0 Å². The Labute approximate surface area is 198 Å². The average molecular weight is 453 g/mol. The maximum atomic E-state index is 9.19. The highest BCUT2D eigenvalue weighted by molar-refractivity contribution is 5.90. The van der Waals surface area contributed by atoms with Crippen LogP contribution in [0.3, 0.4) is 0 Å². The standard InChI is InChI=1S/C28H28N4O2/c29-27-26-24(21-8-2-1-3-9-21)25-22-10-5-4-7-20(22)11-12-23(25)34-28(26)30-19-32(27)14-6-13-31-15-17-33-18-16-31/h1-5,7-12,19,24,29H,6,13-18H2/t24-/m1/s1. The molecule has 3 aromatic carbocycles. The molecule has 2 aliphatic heterocycles. The van der Waals surface area contributed by atoms with E-state index < -0.39 is 0 Å². The Hall–Kier alpha value is -3.48. The molecule has 0 radical (unpaired) electrons. The highest BCUT2D eigenvalue weighted by Gasteiger charge is 2.33. The summed E-state index contributed by atoms with van der Waals surface area (Å²) < 4.78 is 13.7. The summed E-state index contributed by atoms with van der Waals surface area (Å²) in [6.07, 6.45) is 2.72. The van der Waals surface area contributed by atoms with Gasteiger partial charge in [0.05, 0.1) is 18.8 Å². The van der Waals surface area contributed by atoms with E-state index in [0.29, 0.717) is 11.4 Å². The van der Waals surface area contributed by atoms with Crippen molar-refractivity contribution in [3.63, 3.8) is 0 Å². The Morgan fingerprint density at radius 3 is 2.53 bits per heavy atom. The zero-order valence-corrected chi connectivity index (χ0v) is 19.1. The fourth-order valence-corrected chi connectivity index (χ4v) is 5.20. The van der Waals surface area contributed by atoms with Gasteiger partial charge in [-0.25, -0.2) is 4.98 Å². The van der Waals surface area contributed by atoms with Crippen LogP contribution in [0, 0.1) is 5.41 Å². The van der Waals surface area contributed by atoms with Crippen LogP contribution in [0.4, 0.5) is 0 Å². The largest absolute Gasteiger partial charge is 0.438 e. The Morgan fingerprint density at radius 2 is 1.68 bits per heavy atom. The summed E-state index contributed by atoms with van der Waals surface area (Å²) in [6, 6.07) is 23.0. The second-order valence-corrected chi connectivity index (χ2v) is 8.96. The van der Waals surface area contributed by atoms with Crippen molar-refractivity contribution in [1.82, 2.24) is 14.5 Å². The molecule has 172 valence electrons. The molecule has 0 saturated carbocycles. The topological polar surface area (TPSA) is 63.4 Å². The van der Waals surface area contributed by atoms with E-state index in [-0.39, 0.29) is 5.92 Å². The molecule has 1 saturated heterocycles. The number of ether oxygens (including phenoxy) is 2. The molecule has 34 heavy (non-hydrogen) atoms. The fraction of sp³-hybridized carbons (Fsp3) is 0.286. The molecule has 0 bridgehead atoms. The Bertz CT molecular complexity index is 1380. The van der Waals surface area contributed by atoms with Crippen LogP contribution in [-0.4, -0.2) is 47.3 Å². The van der Waals surface area contributed by atoms with Gasteiger partial charge in [-0.15, -0.1) is 0 Å². The van der Waals surface area contributed by atoms with Crippen LogP contribution in [0.2, 0.25) is 0 Å². The van der Waals surface area contributed by atoms with Crippen molar-refractivity contribution in [2.75, 3.05) is 32.8 Å². The van der Waals surface area contributed by atoms with Gasteiger partial charge in [-0.05, 0) is 28.8 Å². The minimum atomic E-state index is -0.113. The summed E-state index contributed by atoms with van der Waals surface area (Å²) in [4.78, 5) is 7.12. The normalized spacial score (nSPS) is 17.7.